The number of aryl methyl sites for hydroxylation is 3. The van der Waals surface area contributed by atoms with Crippen molar-refractivity contribution in [3.05, 3.63) is 89.0 Å². The highest BCUT2D eigenvalue weighted by Gasteiger charge is 2.34. The summed E-state index contributed by atoms with van der Waals surface area (Å²) >= 11 is 0. The zero-order valence-corrected chi connectivity index (χ0v) is 25.9. The van der Waals surface area contributed by atoms with E-state index >= 15 is 0 Å². The van der Waals surface area contributed by atoms with Crippen LogP contribution in [-0.2, 0) is 26.2 Å². The lowest BCUT2D eigenvalue weighted by atomic mass is 10.1. The van der Waals surface area contributed by atoms with Gasteiger partial charge in [-0.05, 0) is 82.0 Å². The molecule has 0 heterocycles. The van der Waals surface area contributed by atoms with Crippen LogP contribution >= 0.6 is 0 Å². The summed E-state index contributed by atoms with van der Waals surface area (Å²) in [5, 5.41) is 3.10. The minimum Gasteiger partial charge on any atom is -0.497 e. The number of nitrogens with one attached hydrogen (secondary N) is 1. The molecule has 3 aromatic carbocycles. The molecule has 0 radical (unpaired) electrons. The minimum atomic E-state index is -4.11. The van der Waals surface area contributed by atoms with E-state index in [1.807, 2.05) is 45.0 Å². The minimum absolute atomic E-state index is 0.0894. The van der Waals surface area contributed by atoms with E-state index in [0.29, 0.717) is 11.4 Å². The first-order valence-electron chi connectivity index (χ1n) is 14.4. The Morgan fingerprint density at radius 3 is 2.14 bits per heavy atom. The van der Waals surface area contributed by atoms with Gasteiger partial charge in [-0.2, -0.15) is 0 Å². The molecule has 0 spiro atoms. The largest absolute Gasteiger partial charge is 0.497 e. The summed E-state index contributed by atoms with van der Waals surface area (Å²) in [7, 11) is -2.53. The van der Waals surface area contributed by atoms with Crippen molar-refractivity contribution < 1.29 is 22.7 Å². The Bertz CT molecular complexity index is 1500. The number of carbonyl (C=O) groups is 2. The second-order valence-electron chi connectivity index (χ2n) is 11.2. The first-order valence-corrected chi connectivity index (χ1v) is 15.8. The van der Waals surface area contributed by atoms with Crippen LogP contribution in [-0.4, -0.2) is 50.9 Å². The van der Waals surface area contributed by atoms with E-state index in [4.69, 9.17) is 4.74 Å². The fourth-order valence-electron chi connectivity index (χ4n) is 5.34. The van der Waals surface area contributed by atoms with E-state index in [-0.39, 0.29) is 23.4 Å². The molecule has 1 atom stereocenters. The molecule has 8 nitrogen and oxygen atoms in total. The average Bonchev–Trinajstić information content (AvgIpc) is 3.48. The number of carbonyl (C=O) groups excluding carboxylic acids is 2. The van der Waals surface area contributed by atoms with Crippen molar-refractivity contribution in [2.24, 2.45) is 0 Å². The highest BCUT2D eigenvalue weighted by molar-refractivity contribution is 7.92. The van der Waals surface area contributed by atoms with E-state index in [1.54, 1.807) is 56.5 Å². The van der Waals surface area contributed by atoms with Gasteiger partial charge in [0, 0.05) is 12.6 Å². The number of sulfonamides is 1. The predicted molar refractivity (Wildman–Crippen MR) is 165 cm³/mol. The molecule has 0 aliphatic heterocycles. The first kappa shape index (κ1) is 31.1. The Balaban J connectivity index is 1.70. The summed E-state index contributed by atoms with van der Waals surface area (Å²) < 4.78 is 34.6. The number of hydrogen-bond acceptors (Lipinski definition) is 5. The number of methoxy groups -OCH3 is 1. The molecule has 0 aromatic heterocycles. The lowest BCUT2D eigenvalue weighted by molar-refractivity contribution is -0.139. The Hall–Kier alpha value is -3.85. The van der Waals surface area contributed by atoms with Gasteiger partial charge in [-0.25, -0.2) is 8.42 Å². The van der Waals surface area contributed by atoms with Crippen LogP contribution in [0.2, 0.25) is 0 Å². The van der Waals surface area contributed by atoms with Gasteiger partial charge in [0.25, 0.3) is 10.0 Å². The number of nitrogens with zero attached hydrogens (tertiary/aromatic N) is 2. The number of ether oxygens (including phenoxy) is 1. The van der Waals surface area contributed by atoms with Crippen LogP contribution in [0.25, 0.3) is 0 Å². The van der Waals surface area contributed by atoms with Crippen molar-refractivity contribution >= 4 is 27.5 Å². The molecule has 0 saturated heterocycles. The standard InChI is InChI=1S/C33H41N3O5S/c1-23-10-17-30(18-11-23)42(39,40)36(31-19-12-24(2)20-25(31)3)22-32(37)35(21-27-13-15-29(41-5)16-14-27)26(4)33(38)34-28-8-6-7-9-28/h10-20,26,28H,6-9,21-22H2,1-5H3,(H,34,38)/t26-/m1/s1. The summed E-state index contributed by atoms with van der Waals surface area (Å²) in [6.07, 6.45) is 3.96. The second-order valence-corrected chi connectivity index (χ2v) is 13.0. The topological polar surface area (TPSA) is 96.0 Å². The third-order valence-electron chi connectivity index (χ3n) is 7.89. The number of amides is 2. The molecule has 1 N–H and O–H groups in total. The molecule has 3 aromatic rings. The highest BCUT2D eigenvalue weighted by atomic mass is 32.2. The molecule has 1 saturated carbocycles. The van der Waals surface area contributed by atoms with Crippen LogP contribution in [0.3, 0.4) is 0 Å². The zero-order chi connectivity index (χ0) is 30.4. The number of benzene rings is 3. The van der Waals surface area contributed by atoms with Gasteiger partial charge < -0.3 is 15.0 Å². The van der Waals surface area contributed by atoms with Gasteiger partial charge in [-0.3, -0.25) is 13.9 Å². The molecular weight excluding hydrogens is 550 g/mol. The third-order valence-corrected chi connectivity index (χ3v) is 9.66. The maximum atomic E-state index is 14.2. The summed E-state index contributed by atoms with van der Waals surface area (Å²) in [5.41, 5.74) is 3.85. The average molecular weight is 592 g/mol. The molecule has 1 aliphatic rings. The third kappa shape index (κ3) is 7.31. The number of anilines is 1. The molecule has 42 heavy (non-hydrogen) atoms. The molecule has 2 amide bonds. The molecule has 0 unspecified atom stereocenters. The molecule has 1 fully saturated rings. The van der Waals surface area contributed by atoms with E-state index in [1.165, 1.54) is 4.90 Å². The summed E-state index contributed by atoms with van der Waals surface area (Å²) in [5.74, 6) is -0.0485. The molecular formula is C33H41N3O5S. The first-order chi connectivity index (χ1) is 20.0. The fourth-order valence-corrected chi connectivity index (χ4v) is 6.82. The van der Waals surface area contributed by atoms with Crippen molar-refractivity contribution in [2.45, 2.75) is 76.9 Å². The van der Waals surface area contributed by atoms with Gasteiger partial charge in [-0.1, -0.05) is 60.4 Å². The normalized spacial score (nSPS) is 14.3. The number of rotatable bonds is 11. The van der Waals surface area contributed by atoms with Gasteiger partial charge in [-0.15, -0.1) is 0 Å². The second kappa shape index (κ2) is 13.4. The Kier molecular flexibility index (Phi) is 9.93. The van der Waals surface area contributed by atoms with Crippen molar-refractivity contribution in [3.63, 3.8) is 0 Å². The molecule has 224 valence electrons. The quantitative estimate of drug-likeness (QED) is 0.327. The molecule has 9 heteroatoms. The molecule has 4 rings (SSSR count). The maximum Gasteiger partial charge on any atom is 0.264 e. The summed E-state index contributed by atoms with van der Waals surface area (Å²) in [4.78, 5) is 29.1. The van der Waals surface area contributed by atoms with E-state index in [0.717, 1.165) is 52.2 Å². The van der Waals surface area contributed by atoms with Gasteiger partial charge in [0.05, 0.1) is 17.7 Å². The van der Waals surface area contributed by atoms with Gasteiger partial charge in [0.2, 0.25) is 11.8 Å². The van der Waals surface area contributed by atoms with Crippen molar-refractivity contribution in [2.75, 3.05) is 18.0 Å². The van der Waals surface area contributed by atoms with E-state index in [9.17, 15) is 18.0 Å². The van der Waals surface area contributed by atoms with Crippen LogP contribution < -0.4 is 14.4 Å². The Morgan fingerprint density at radius 2 is 1.55 bits per heavy atom. The SMILES string of the molecule is COc1ccc(CN(C(=O)CN(c2ccc(C)cc2C)S(=O)(=O)c2ccc(C)cc2)[C@H](C)C(=O)NC2CCCC2)cc1. The maximum absolute atomic E-state index is 14.2. The van der Waals surface area contributed by atoms with Crippen LogP contribution in [0.1, 0.15) is 54.9 Å². The van der Waals surface area contributed by atoms with Crippen molar-refractivity contribution in [1.82, 2.24) is 10.2 Å². The van der Waals surface area contributed by atoms with E-state index in [2.05, 4.69) is 5.32 Å². The smallest absolute Gasteiger partial charge is 0.264 e. The fraction of sp³-hybridized carbons (Fsp3) is 0.394. The summed E-state index contributed by atoms with van der Waals surface area (Å²) in [6.45, 7) is 7.02. The van der Waals surface area contributed by atoms with Gasteiger partial charge >= 0.3 is 0 Å². The van der Waals surface area contributed by atoms with Crippen molar-refractivity contribution in [1.29, 1.82) is 0 Å². The van der Waals surface area contributed by atoms with Gasteiger partial charge in [0.1, 0.15) is 18.3 Å². The monoisotopic (exact) mass is 591 g/mol. The van der Waals surface area contributed by atoms with Crippen LogP contribution in [0.5, 0.6) is 5.75 Å². The van der Waals surface area contributed by atoms with E-state index < -0.39 is 28.5 Å². The highest BCUT2D eigenvalue weighted by Crippen LogP contribution is 2.29. The van der Waals surface area contributed by atoms with Gasteiger partial charge in [0.15, 0.2) is 0 Å². The molecule has 1 aliphatic carbocycles. The lowest BCUT2D eigenvalue weighted by Gasteiger charge is -2.33. The molecule has 0 bridgehead atoms. The predicted octanol–water partition coefficient (Wildman–Crippen LogP) is 5.29. The van der Waals surface area contributed by atoms with Crippen molar-refractivity contribution in [3.8, 4) is 5.75 Å². The number of hydrogen-bond donors (Lipinski definition) is 1. The Morgan fingerprint density at radius 1 is 0.929 bits per heavy atom. The lowest BCUT2D eigenvalue weighted by Crippen LogP contribution is -2.52. The van der Waals surface area contributed by atoms with Crippen LogP contribution in [0, 0.1) is 20.8 Å². The Labute approximate surface area is 249 Å². The summed E-state index contributed by atoms with van der Waals surface area (Å²) in [6, 6.07) is 18.6. The zero-order valence-electron chi connectivity index (χ0n) is 25.1. The van der Waals surface area contributed by atoms with Crippen LogP contribution in [0.4, 0.5) is 5.69 Å². The van der Waals surface area contributed by atoms with Crippen LogP contribution in [0.15, 0.2) is 71.6 Å².